The molecular formula is C17H24O3S. The Kier molecular flexibility index (Phi) is 6.43. The quantitative estimate of drug-likeness (QED) is 0.753. The first-order chi connectivity index (χ1) is 10.2. The topological polar surface area (TPSA) is 43.4 Å². The molecule has 116 valence electrons. The molecule has 1 aromatic rings. The van der Waals surface area contributed by atoms with E-state index in [1.807, 2.05) is 18.2 Å². The van der Waals surface area contributed by atoms with E-state index in [2.05, 4.69) is 6.92 Å². The maximum absolute atomic E-state index is 12.4. The van der Waals surface area contributed by atoms with E-state index in [1.165, 1.54) is 0 Å². The molecule has 21 heavy (non-hydrogen) atoms. The van der Waals surface area contributed by atoms with Crippen molar-refractivity contribution in [3.8, 4) is 0 Å². The van der Waals surface area contributed by atoms with E-state index in [4.69, 9.17) is 4.74 Å². The molecule has 0 spiro atoms. The van der Waals surface area contributed by atoms with Crippen LogP contribution in [-0.2, 0) is 15.5 Å². The number of unbranched alkanes of at least 4 members (excludes halogenated alkanes) is 1. The summed E-state index contributed by atoms with van der Waals surface area (Å²) in [7, 11) is -0.886. The van der Waals surface area contributed by atoms with Gasteiger partial charge in [-0.1, -0.05) is 38.0 Å². The normalized spacial score (nSPS) is 23.5. The van der Waals surface area contributed by atoms with E-state index < -0.39 is 10.8 Å². The van der Waals surface area contributed by atoms with E-state index in [1.54, 1.807) is 12.1 Å². The Hall–Kier alpha value is -1.16. The third-order valence-corrected chi connectivity index (χ3v) is 5.85. The van der Waals surface area contributed by atoms with Crippen molar-refractivity contribution in [2.45, 2.75) is 56.8 Å². The smallest absolute Gasteiger partial charge is 0.338 e. The van der Waals surface area contributed by atoms with Crippen LogP contribution in [0.15, 0.2) is 30.3 Å². The Morgan fingerprint density at radius 2 is 1.95 bits per heavy atom. The van der Waals surface area contributed by atoms with Gasteiger partial charge in [-0.15, -0.1) is 0 Å². The molecule has 3 atom stereocenters. The standard InChI is InChI=1S/C17H24O3S/c1-2-3-13-21(19)16-12-8-7-11-15(16)20-17(18)14-9-5-4-6-10-14/h4-6,9-10,15-16H,2-3,7-8,11-13H2,1H3/t15-,16+,21-/m0/s1. The molecule has 0 heterocycles. The second-order valence-electron chi connectivity index (χ2n) is 5.57. The number of rotatable bonds is 6. The van der Waals surface area contributed by atoms with Gasteiger partial charge in [0, 0.05) is 16.6 Å². The average Bonchev–Trinajstić information content (AvgIpc) is 2.54. The van der Waals surface area contributed by atoms with Gasteiger partial charge in [-0.3, -0.25) is 4.21 Å². The number of hydrogen-bond acceptors (Lipinski definition) is 3. The Balaban J connectivity index is 1.98. The van der Waals surface area contributed by atoms with Crippen LogP contribution in [0.3, 0.4) is 0 Å². The molecule has 4 heteroatoms. The molecule has 0 saturated heterocycles. The number of carbonyl (C=O) groups is 1. The Morgan fingerprint density at radius 1 is 1.24 bits per heavy atom. The van der Waals surface area contributed by atoms with Gasteiger partial charge in [0.1, 0.15) is 6.10 Å². The van der Waals surface area contributed by atoms with Gasteiger partial charge >= 0.3 is 5.97 Å². The number of ether oxygens (including phenoxy) is 1. The van der Waals surface area contributed by atoms with Gasteiger partial charge in [0.15, 0.2) is 0 Å². The van der Waals surface area contributed by atoms with Gasteiger partial charge < -0.3 is 4.74 Å². The molecule has 0 aromatic heterocycles. The summed E-state index contributed by atoms with van der Waals surface area (Å²) in [6.45, 7) is 2.10. The highest BCUT2D eigenvalue weighted by Crippen LogP contribution is 2.26. The van der Waals surface area contributed by atoms with Crippen molar-refractivity contribution in [3.05, 3.63) is 35.9 Å². The number of benzene rings is 1. The monoisotopic (exact) mass is 308 g/mol. The van der Waals surface area contributed by atoms with Gasteiger partial charge in [0.2, 0.25) is 0 Å². The summed E-state index contributed by atoms with van der Waals surface area (Å²) >= 11 is 0. The molecule has 3 nitrogen and oxygen atoms in total. The first-order valence-corrected chi connectivity index (χ1v) is 9.23. The minimum Gasteiger partial charge on any atom is -0.458 e. The minimum absolute atomic E-state index is 0.0120. The van der Waals surface area contributed by atoms with Crippen LogP contribution >= 0.6 is 0 Å². The largest absolute Gasteiger partial charge is 0.458 e. The van der Waals surface area contributed by atoms with Crippen LogP contribution in [0.5, 0.6) is 0 Å². The number of carbonyl (C=O) groups excluding carboxylic acids is 1. The van der Waals surface area contributed by atoms with Crippen LogP contribution in [-0.4, -0.2) is 27.3 Å². The van der Waals surface area contributed by atoms with Gasteiger partial charge in [-0.25, -0.2) is 4.79 Å². The van der Waals surface area contributed by atoms with Crippen molar-refractivity contribution in [1.29, 1.82) is 0 Å². The summed E-state index contributed by atoms with van der Waals surface area (Å²) in [5.41, 5.74) is 0.571. The molecule has 0 N–H and O–H groups in total. The number of esters is 1. The van der Waals surface area contributed by atoms with Crippen molar-refractivity contribution in [2.75, 3.05) is 5.75 Å². The third kappa shape index (κ3) is 4.67. The molecule has 0 bridgehead atoms. The lowest BCUT2D eigenvalue weighted by Gasteiger charge is -2.30. The van der Waals surface area contributed by atoms with Crippen LogP contribution in [0.2, 0.25) is 0 Å². The van der Waals surface area contributed by atoms with Gasteiger partial charge in [-0.05, 0) is 37.8 Å². The molecule has 0 aliphatic heterocycles. The fourth-order valence-electron chi connectivity index (χ4n) is 2.72. The Labute approximate surface area is 129 Å². The second kappa shape index (κ2) is 8.32. The predicted molar refractivity (Wildman–Crippen MR) is 85.8 cm³/mol. The van der Waals surface area contributed by atoms with Crippen molar-refractivity contribution in [1.82, 2.24) is 0 Å². The molecule has 0 amide bonds. The van der Waals surface area contributed by atoms with Gasteiger partial charge in [-0.2, -0.15) is 0 Å². The minimum atomic E-state index is -0.886. The van der Waals surface area contributed by atoms with E-state index in [0.717, 1.165) is 44.3 Å². The summed E-state index contributed by atoms with van der Waals surface area (Å²) < 4.78 is 18.1. The zero-order valence-electron chi connectivity index (χ0n) is 12.6. The van der Waals surface area contributed by atoms with Crippen LogP contribution in [0.4, 0.5) is 0 Å². The zero-order valence-corrected chi connectivity index (χ0v) is 13.4. The molecule has 1 aliphatic carbocycles. The van der Waals surface area contributed by atoms with Crippen molar-refractivity contribution in [2.24, 2.45) is 0 Å². The fourth-order valence-corrected chi connectivity index (χ4v) is 4.55. The second-order valence-corrected chi connectivity index (χ2v) is 7.35. The average molecular weight is 308 g/mol. The van der Waals surface area contributed by atoms with Crippen LogP contribution in [0.1, 0.15) is 55.8 Å². The maximum Gasteiger partial charge on any atom is 0.338 e. The van der Waals surface area contributed by atoms with Gasteiger partial charge in [0.25, 0.3) is 0 Å². The van der Waals surface area contributed by atoms with E-state index in [0.29, 0.717) is 5.56 Å². The maximum atomic E-state index is 12.4. The van der Waals surface area contributed by atoms with Crippen LogP contribution < -0.4 is 0 Å². The Morgan fingerprint density at radius 3 is 2.67 bits per heavy atom. The summed E-state index contributed by atoms with van der Waals surface area (Å²) in [4.78, 5) is 12.2. The lowest BCUT2D eigenvalue weighted by atomic mass is 9.97. The summed E-state index contributed by atoms with van der Waals surface area (Å²) in [6.07, 6.45) is 5.71. The van der Waals surface area contributed by atoms with Crippen molar-refractivity contribution < 1.29 is 13.7 Å². The third-order valence-electron chi connectivity index (χ3n) is 3.95. The lowest BCUT2D eigenvalue weighted by Crippen LogP contribution is -2.38. The molecular weight excluding hydrogens is 284 g/mol. The van der Waals surface area contributed by atoms with Crippen molar-refractivity contribution >= 4 is 16.8 Å². The number of hydrogen-bond donors (Lipinski definition) is 0. The fraction of sp³-hybridized carbons (Fsp3) is 0.588. The van der Waals surface area contributed by atoms with Crippen molar-refractivity contribution in [3.63, 3.8) is 0 Å². The molecule has 1 aliphatic rings. The Bertz CT molecular complexity index is 472. The molecule has 1 saturated carbocycles. The van der Waals surface area contributed by atoms with E-state index >= 15 is 0 Å². The molecule has 1 fully saturated rings. The van der Waals surface area contributed by atoms with E-state index in [9.17, 15) is 9.00 Å². The van der Waals surface area contributed by atoms with Crippen LogP contribution in [0.25, 0.3) is 0 Å². The summed E-state index contributed by atoms with van der Waals surface area (Å²) in [5.74, 6) is 0.431. The molecule has 1 aromatic carbocycles. The van der Waals surface area contributed by atoms with E-state index in [-0.39, 0.29) is 17.3 Å². The lowest BCUT2D eigenvalue weighted by molar-refractivity contribution is 0.0226. The summed E-state index contributed by atoms with van der Waals surface area (Å²) in [6, 6.07) is 9.05. The molecule has 0 radical (unpaired) electrons. The molecule has 0 unspecified atom stereocenters. The highest BCUT2D eigenvalue weighted by molar-refractivity contribution is 7.85. The highest BCUT2D eigenvalue weighted by Gasteiger charge is 2.32. The first kappa shape index (κ1) is 16.2. The highest BCUT2D eigenvalue weighted by atomic mass is 32.2. The SMILES string of the molecule is CCCC[S@](=O)[C@@H]1CCCC[C@@H]1OC(=O)c1ccccc1. The molecule has 2 rings (SSSR count). The predicted octanol–water partition coefficient (Wildman–Crippen LogP) is 3.70. The van der Waals surface area contributed by atoms with Gasteiger partial charge in [0.05, 0.1) is 10.8 Å². The van der Waals surface area contributed by atoms with Crippen LogP contribution in [0, 0.1) is 0 Å². The zero-order chi connectivity index (χ0) is 15.1. The first-order valence-electron chi connectivity index (χ1n) is 7.85. The summed E-state index contributed by atoms with van der Waals surface area (Å²) in [5, 5.41) is 0.0120.